The van der Waals surface area contributed by atoms with Crippen molar-refractivity contribution in [1.82, 2.24) is 15.2 Å². The Labute approximate surface area is 178 Å². The van der Waals surface area contributed by atoms with Crippen LogP contribution in [0.3, 0.4) is 0 Å². The van der Waals surface area contributed by atoms with E-state index in [9.17, 15) is 4.79 Å². The van der Waals surface area contributed by atoms with Gasteiger partial charge in [0, 0.05) is 25.0 Å². The molecule has 150 valence electrons. The number of carbonyl (C=O) groups excluding carboxylic acids is 1. The molecule has 2 unspecified atom stereocenters. The zero-order chi connectivity index (χ0) is 19.2. The molecule has 3 rings (SSSR count). The third kappa shape index (κ3) is 5.13. The molecular formula is C22H27Cl2N3O. The van der Waals surface area contributed by atoms with Gasteiger partial charge in [0.05, 0.1) is 16.6 Å². The molecule has 6 heteroatoms. The maximum absolute atomic E-state index is 13.1. The molecule has 0 radical (unpaired) electrons. The number of rotatable bonds is 6. The number of hydrogen-bond donors (Lipinski definition) is 1. The molecule has 0 saturated carbocycles. The van der Waals surface area contributed by atoms with E-state index in [-0.39, 0.29) is 30.4 Å². The lowest BCUT2D eigenvalue weighted by atomic mass is 9.91. The minimum Gasteiger partial charge on any atom is -0.344 e. The number of piperidine rings is 1. The van der Waals surface area contributed by atoms with E-state index in [1.54, 1.807) is 12.3 Å². The summed E-state index contributed by atoms with van der Waals surface area (Å²) in [6.45, 7) is 7.62. The number of aromatic nitrogens is 1. The van der Waals surface area contributed by atoms with Crippen molar-refractivity contribution in [2.75, 3.05) is 13.1 Å². The van der Waals surface area contributed by atoms with E-state index in [1.165, 1.54) is 6.42 Å². The highest BCUT2D eigenvalue weighted by atomic mass is 35.5. The summed E-state index contributed by atoms with van der Waals surface area (Å²) in [6, 6.07) is 9.53. The van der Waals surface area contributed by atoms with Crippen molar-refractivity contribution < 1.29 is 4.79 Å². The average molecular weight is 420 g/mol. The quantitative estimate of drug-likeness (QED) is 0.671. The highest BCUT2D eigenvalue weighted by molar-refractivity contribution is 6.34. The summed E-state index contributed by atoms with van der Waals surface area (Å²) < 4.78 is 0. The van der Waals surface area contributed by atoms with Crippen molar-refractivity contribution >= 4 is 29.9 Å². The molecule has 0 aliphatic carbocycles. The fourth-order valence-corrected chi connectivity index (χ4v) is 4.00. The minimum absolute atomic E-state index is 0. The van der Waals surface area contributed by atoms with Gasteiger partial charge in [-0.1, -0.05) is 42.3 Å². The molecule has 1 aliphatic rings. The van der Waals surface area contributed by atoms with Gasteiger partial charge in [0.1, 0.15) is 0 Å². The number of benzene rings is 1. The molecule has 1 aliphatic heterocycles. The Bertz CT molecular complexity index is 798. The van der Waals surface area contributed by atoms with Crippen LogP contribution in [0.1, 0.15) is 46.8 Å². The van der Waals surface area contributed by atoms with E-state index in [2.05, 4.69) is 21.8 Å². The summed E-state index contributed by atoms with van der Waals surface area (Å²) >= 11 is 6.38. The van der Waals surface area contributed by atoms with E-state index < -0.39 is 0 Å². The number of amides is 1. The number of nitrogens with zero attached hydrogens (tertiary/aromatic N) is 2. The van der Waals surface area contributed by atoms with E-state index >= 15 is 0 Å². The average Bonchev–Trinajstić information content (AvgIpc) is 2.69. The molecule has 2 aromatic rings. The van der Waals surface area contributed by atoms with Crippen LogP contribution in [0.5, 0.6) is 0 Å². The van der Waals surface area contributed by atoms with Crippen LogP contribution < -0.4 is 5.32 Å². The first-order chi connectivity index (χ1) is 13.1. The highest BCUT2D eigenvalue weighted by Gasteiger charge is 2.32. The Morgan fingerprint density at radius 1 is 1.39 bits per heavy atom. The summed E-state index contributed by atoms with van der Waals surface area (Å²) in [7, 11) is 0. The largest absolute Gasteiger partial charge is 0.344 e. The summed E-state index contributed by atoms with van der Waals surface area (Å²) in [5, 5.41) is 3.74. The van der Waals surface area contributed by atoms with Crippen molar-refractivity contribution in [2.24, 2.45) is 0 Å². The van der Waals surface area contributed by atoms with Gasteiger partial charge < -0.3 is 5.32 Å². The SMILES string of the molecule is C=CCN1CCCCC1C(NC(=O)c1cccc(C)c1Cl)c1cccnc1.Cl. The molecule has 1 aromatic carbocycles. The first kappa shape index (κ1) is 22.4. The van der Waals surface area contributed by atoms with Gasteiger partial charge >= 0.3 is 0 Å². The van der Waals surface area contributed by atoms with Gasteiger partial charge in [0.25, 0.3) is 5.91 Å². The molecule has 1 saturated heterocycles. The second-order valence-electron chi connectivity index (χ2n) is 7.02. The van der Waals surface area contributed by atoms with E-state index in [1.807, 2.05) is 43.5 Å². The first-order valence-electron chi connectivity index (χ1n) is 9.42. The van der Waals surface area contributed by atoms with Crippen molar-refractivity contribution in [3.8, 4) is 0 Å². The lowest BCUT2D eigenvalue weighted by Gasteiger charge is -2.40. The van der Waals surface area contributed by atoms with Crippen LogP contribution in [0.25, 0.3) is 0 Å². The molecule has 1 aromatic heterocycles. The van der Waals surface area contributed by atoms with Crippen LogP contribution in [-0.2, 0) is 0 Å². The van der Waals surface area contributed by atoms with Gasteiger partial charge in [-0.15, -0.1) is 19.0 Å². The molecule has 1 N–H and O–H groups in total. The standard InChI is InChI=1S/C22H26ClN3O.ClH/c1-3-13-26-14-5-4-11-19(26)21(17-9-7-12-24-15-17)25-22(27)18-10-6-8-16(2)20(18)23;/h3,6-10,12,15,19,21H,1,4-5,11,13-14H2,2H3,(H,25,27);1H. The van der Waals surface area contributed by atoms with Gasteiger partial charge in [-0.25, -0.2) is 0 Å². The van der Waals surface area contributed by atoms with Crippen molar-refractivity contribution in [2.45, 2.75) is 38.3 Å². The Morgan fingerprint density at radius 3 is 2.93 bits per heavy atom. The second-order valence-corrected chi connectivity index (χ2v) is 7.40. The fourth-order valence-electron chi connectivity index (χ4n) is 3.79. The van der Waals surface area contributed by atoms with E-state index in [0.717, 1.165) is 37.1 Å². The van der Waals surface area contributed by atoms with Crippen molar-refractivity contribution in [3.63, 3.8) is 0 Å². The minimum atomic E-state index is -0.151. The van der Waals surface area contributed by atoms with Crippen LogP contribution in [0.2, 0.25) is 5.02 Å². The number of pyridine rings is 1. The highest BCUT2D eigenvalue weighted by Crippen LogP contribution is 2.29. The van der Waals surface area contributed by atoms with Gasteiger partial charge in [-0.05, 0) is 49.6 Å². The van der Waals surface area contributed by atoms with Gasteiger partial charge in [0.15, 0.2) is 0 Å². The molecule has 2 heterocycles. The Hall–Kier alpha value is -1.88. The van der Waals surface area contributed by atoms with Crippen molar-refractivity contribution in [3.05, 3.63) is 77.1 Å². The zero-order valence-electron chi connectivity index (χ0n) is 16.1. The summed E-state index contributed by atoms with van der Waals surface area (Å²) in [6.07, 6.45) is 8.86. The third-order valence-corrected chi connectivity index (χ3v) is 5.68. The topological polar surface area (TPSA) is 45.2 Å². The van der Waals surface area contributed by atoms with Crippen LogP contribution in [-0.4, -0.2) is 34.9 Å². The third-order valence-electron chi connectivity index (χ3n) is 5.18. The number of likely N-dealkylation sites (tertiary alicyclic amines) is 1. The van der Waals surface area contributed by atoms with E-state index in [0.29, 0.717) is 10.6 Å². The maximum Gasteiger partial charge on any atom is 0.253 e. The number of halogens is 2. The lowest BCUT2D eigenvalue weighted by molar-refractivity contribution is 0.0850. The summed E-state index contributed by atoms with van der Waals surface area (Å²) in [5.74, 6) is -0.151. The number of nitrogens with one attached hydrogen (secondary N) is 1. The molecule has 4 nitrogen and oxygen atoms in total. The van der Waals surface area contributed by atoms with Crippen molar-refractivity contribution in [1.29, 1.82) is 0 Å². The van der Waals surface area contributed by atoms with Gasteiger partial charge in [-0.3, -0.25) is 14.7 Å². The predicted octanol–water partition coefficient (Wildman–Crippen LogP) is 4.98. The van der Waals surface area contributed by atoms with Crippen LogP contribution in [0, 0.1) is 6.92 Å². The summed E-state index contributed by atoms with van der Waals surface area (Å²) in [5.41, 5.74) is 2.42. The van der Waals surface area contributed by atoms with E-state index in [4.69, 9.17) is 11.6 Å². The normalized spacial score (nSPS) is 18.0. The Balaban J connectivity index is 0.00000280. The smallest absolute Gasteiger partial charge is 0.253 e. The first-order valence-corrected chi connectivity index (χ1v) is 9.80. The Kier molecular flexibility index (Phi) is 8.49. The second kappa shape index (κ2) is 10.6. The number of aryl methyl sites for hydroxylation is 1. The lowest BCUT2D eigenvalue weighted by Crippen LogP contribution is -2.48. The molecule has 28 heavy (non-hydrogen) atoms. The monoisotopic (exact) mass is 419 g/mol. The predicted molar refractivity (Wildman–Crippen MR) is 117 cm³/mol. The van der Waals surface area contributed by atoms with Gasteiger partial charge in [-0.2, -0.15) is 0 Å². The zero-order valence-corrected chi connectivity index (χ0v) is 17.7. The van der Waals surface area contributed by atoms with Crippen LogP contribution in [0.4, 0.5) is 0 Å². The molecule has 0 bridgehead atoms. The summed E-state index contributed by atoms with van der Waals surface area (Å²) in [4.78, 5) is 19.7. The molecule has 1 amide bonds. The fraction of sp³-hybridized carbons (Fsp3) is 0.364. The molecule has 1 fully saturated rings. The van der Waals surface area contributed by atoms with Crippen LogP contribution in [0.15, 0.2) is 55.4 Å². The number of hydrogen-bond acceptors (Lipinski definition) is 3. The van der Waals surface area contributed by atoms with Crippen LogP contribution >= 0.6 is 24.0 Å². The molecular weight excluding hydrogens is 393 g/mol. The van der Waals surface area contributed by atoms with Gasteiger partial charge in [0.2, 0.25) is 0 Å². The maximum atomic E-state index is 13.1. The molecule has 0 spiro atoms. The Morgan fingerprint density at radius 2 is 2.21 bits per heavy atom. The number of carbonyl (C=O) groups is 1. The molecule has 2 atom stereocenters.